The minimum absolute atomic E-state index is 0.149. The Kier molecular flexibility index (Phi) is 7.09. The molecule has 0 unspecified atom stereocenters. The van der Waals surface area contributed by atoms with Crippen molar-refractivity contribution in [3.8, 4) is 0 Å². The molecule has 0 aliphatic rings. The molecule has 0 aliphatic heterocycles. The fraction of sp³-hybridized carbons (Fsp3) is 0.583. The lowest BCUT2D eigenvalue weighted by molar-refractivity contribution is -0.154. The van der Waals surface area contributed by atoms with Crippen molar-refractivity contribution in [3.63, 3.8) is 0 Å². The second kappa shape index (κ2) is 7.79. The van der Waals surface area contributed by atoms with Crippen LogP contribution in [0.25, 0.3) is 0 Å². The molecule has 0 saturated heterocycles. The maximum atomic E-state index is 11.3. The maximum Gasteiger partial charge on any atom is 0.375 e. The third-order valence-electron chi connectivity index (χ3n) is 1.84. The van der Waals surface area contributed by atoms with Crippen LogP contribution in [0.2, 0.25) is 0 Å². The molecule has 0 heterocycles. The van der Waals surface area contributed by atoms with Crippen LogP contribution < -0.4 is 0 Å². The number of rotatable bonds is 7. The van der Waals surface area contributed by atoms with E-state index in [9.17, 15) is 14.4 Å². The van der Waals surface area contributed by atoms with Crippen molar-refractivity contribution in [3.05, 3.63) is 11.6 Å². The van der Waals surface area contributed by atoms with E-state index in [-0.39, 0.29) is 25.2 Å². The summed E-state index contributed by atoms with van der Waals surface area (Å²) in [6.45, 7) is 5.64. The van der Waals surface area contributed by atoms with Gasteiger partial charge >= 0.3 is 5.97 Å². The summed E-state index contributed by atoms with van der Waals surface area (Å²) in [6.07, 6.45) is 2.47. The predicted octanol–water partition coefficient (Wildman–Crippen LogP) is 1.82. The highest BCUT2D eigenvalue weighted by molar-refractivity contribution is 6.37. The first-order valence-corrected chi connectivity index (χ1v) is 5.32. The summed E-state index contributed by atoms with van der Waals surface area (Å²) in [7, 11) is 0. The zero-order chi connectivity index (χ0) is 12.6. The highest BCUT2D eigenvalue weighted by atomic mass is 16.5. The summed E-state index contributed by atoms with van der Waals surface area (Å²) >= 11 is 0. The molecule has 0 aromatic rings. The van der Waals surface area contributed by atoms with Crippen molar-refractivity contribution in [1.29, 1.82) is 0 Å². The molecule has 0 atom stereocenters. The number of ketones is 2. The fourth-order valence-electron chi connectivity index (χ4n) is 1.07. The summed E-state index contributed by atoms with van der Waals surface area (Å²) in [4.78, 5) is 33.3. The number of hydrogen-bond donors (Lipinski definition) is 0. The molecule has 0 radical (unpaired) electrons. The van der Waals surface area contributed by atoms with Crippen LogP contribution in [0.4, 0.5) is 0 Å². The Balaban J connectivity index is 3.92. The molecule has 0 bridgehead atoms. The van der Waals surface area contributed by atoms with Crippen LogP contribution in [0.5, 0.6) is 0 Å². The Bertz CT molecular complexity index is 298. The van der Waals surface area contributed by atoms with Gasteiger partial charge in [0, 0.05) is 6.42 Å². The lowest BCUT2D eigenvalue weighted by Crippen LogP contribution is -2.20. The third-order valence-corrected chi connectivity index (χ3v) is 1.84. The molecule has 16 heavy (non-hydrogen) atoms. The van der Waals surface area contributed by atoms with Crippen molar-refractivity contribution >= 4 is 17.5 Å². The first-order valence-electron chi connectivity index (χ1n) is 5.32. The number of esters is 1. The highest BCUT2D eigenvalue weighted by Gasteiger charge is 2.18. The lowest BCUT2D eigenvalue weighted by Gasteiger charge is -2.00. The molecule has 0 amide bonds. The van der Waals surface area contributed by atoms with Crippen molar-refractivity contribution < 1.29 is 19.1 Å². The Labute approximate surface area is 95.7 Å². The minimum atomic E-state index is -0.918. The first kappa shape index (κ1) is 14.6. The monoisotopic (exact) mass is 226 g/mol. The molecular weight excluding hydrogens is 208 g/mol. The summed E-state index contributed by atoms with van der Waals surface area (Å²) in [5.74, 6) is -1.90. The second-order valence-corrected chi connectivity index (χ2v) is 3.68. The number of allylic oxidation sites excluding steroid dienone is 2. The number of carbonyl (C=O) groups is 3. The number of Topliss-reactive ketones (excluding diaryl/α,β-unsaturated/α-hetero) is 2. The maximum absolute atomic E-state index is 11.3. The van der Waals surface area contributed by atoms with E-state index in [1.54, 1.807) is 6.92 Å². The van der Waals surface area contributed by atoms with Gasteiger partial charge in [0.05, 0.1) is 13.0 Å². The SMILES string of the molecule is CCOC(=O)C(=O)CC(=O)CCC=C(C)C. The Morgan fingerprint density at radius 3 is 2.31 bits per heavy atom. The fourth-order valence-corrected chi connectivity index (χ4v) is 1.07. The Morgan fingerprint density at radius 1 is 1.19 bits per heavy atom. The summed E-state index contributed by atoms with van der Waals surface area (Å²) in [6, 6.07) is 0. The van der Waals surface area contributed by atoms with E-state index >= 15 is 0 Å². The van der Waals surface area contributed by atoms with E-state index in [1.165, 1.54) is 0 Å². The normalized spacial score (nSPS) is 9.44. The molecule has 0 fully saturated rings. The smallest absolute Gasteiger partial charge is 0.375 e. The molecule has 0 N–H and O–H groups in total. The molecule has 0 aliphatic carbocycles. The molecule has 4 nitrogen and oxygen atoms in total. The average Bonchev–Trinajstić information content (AvgIpc) is 2.17. The van der Waals surface area contributed by atoms with Gasteiger partial charge in [0.2, 0.25) is 5.78 Å². The van der Waals surface area contributed by atoms with Gasteiger partial charge < -0.3 is 4.74 Å². The van der Waals surface area contributed by atoms with Gasteiger partial charge in [-0.1, -0.05) is 11.6 Å². The van der Waals surface area contributed by atoms with Gasteiger partial charge in [-0.25, -0.2) is 4.79 Å². The highest BCUT2D eigenvalue weighted by Crippen LogP contribution is 2.01. The van der Waals surface area contributed by atoms with Crippen LogP contribution in [-0.2, 0) is 19.1 Å². The third kappa shape index (κ3) is 6.92. The van der Waals surface area contributed by atoms with E-state index in [0.717, 1.165) is 5.57 Å². The number of hydrogen-bond acceptors (Lipinski definition) is 4. The lowest BCUT2D eigenvalue weighted by atomic mass is 10.1. The quantitative estimate of drug-likeness (QED) is 0.287. The molecular formula is C12H18O4. The van der Waals surface area contributed by atoms with Crippen molar-refractivity contribution in [2.45, 2.75) is 40.0 Å². The summed E-state index contributed by atoms with van der Waals surface area (Å²) < 4.78 is 4.49. The van der Waals surface area contributed by atoms with Gasteiger partial charge in [-0.2, -0.15) is 0 Å². The zero-order valence-corrected chi connectivity index (χ0v) is 10.0. The van der Waals surface area contributed by atoms with Crippen LogP contribution in [0.3, 0.4) is 0 Å². The van der Waals surface area contributed by atoms with Crippen molar-refractivity contribution in [2.75, 3.05) is 6.61 Å². The molecule has 0 aromatic carbocycles. The van der Waals surface area contributed by atoms with Gasteiger partial charge in [0.1, 0.15) is 5.78 Å². The van der Waals surface area contributed by atoms with Crippen molar-refractivity contribution in [1.82, 2.24) is 0 Å². The summed E-state index contributed by atoms with van der Waals surface area (Å²) in [5.41, 5.74) is 1.13. The molecule has 90 valence electrons. The largest absolute Gasteiger partial charge is 0.460 e. The average molecular weight is 226 g/mol. The summed E-state index contributed by atoms with van der Waals surface area (Å²) in [5, 5.41) is 0. The molecule has 4 heteroatoms. The van der Waals surface area contributed by atoms with E-state index in [4.69, 9.17) is 0 Å². The Morgan fingerprint density at radius 2 is 1.81 bits per heavy atom. The standard InChI is InChI=1S/C12H18O4/c1-4-16-12(15)11(14)8-10(13)7-5-6-9(2)3/h6H,4-5,7-8H2,1-3H3. The van der Waals surface area contributed by atoms with E-state index < -0.39 is 11.8 Å². The molecule has 0 aromatic heterocycles. The first-order chi connectivity index (χ1) is 7.47. The predicted molar refractivity (Wildman–Crippen MR) is 59.9 cm³/mol. The van der Waals surface area contributed by atoms with Crippen LogP contribution >= 0.6 is 0 Å². The topological polar surface area (TPSA) is 60.4 Å². The Hall–Kier alpha value is -1.45. The van der Waals surface area contributed by atoms with Crippen molar-refractivity contribution in [2.24, 2.45) is 0 Å². The van der Waals surface area contributed by atoms with Crippen LogP contribution in [0.1, 0.15) is 40.0 Å². The van der Waals surface area contributed by atoms with E-state index in [1.807, 2.05) is 19.9 Å². The van der Waals surface area contributed by atoms with Crippen LogP contribution in [0, 0.1) is 0 Å². The van der Waals surface area contributed by atoms with Gasteiger partial charge in [-0.3, -0.25) is 9.59 Å². The van der Waals surface area contributed by atoms with Crippen LogP contribution in [0.15, 0.2) is 11.6 Å². The molecule has 0 rings (SSSR count). The zero-order valence-electron chi connectivity index (χ0n) is 10.0. The second-order valence-electron chi connectivity index (χ2n) is 3.68. The molecule has 0 spiro atoms. The van der Waals surface area contributed by atoms with Gasteiger partial charge in [0.25, 0.3) is 0 Å². The van der Waals surface area contributed by atoms with Crippen LogP contribution in [-0.4, -0.2) is 24.1 Å². The molecule has 0 saturated carbocycles. The van der Waals surface area contributed by atoms with Gasteiger partial charge in [-0.15, -0.1) is 0 Å². The van der Waals surface area contributed by atoms with Gasteiger partial charge in [-0.05, 0) is 27.2 Å². The number of carbonyl (C=O) groups excluding carboxylic acids is 3. The van der Waals surface area contributed by atoms with E-state index in [2.05, 4.69) is 4.74 Å². The number of ether oxygens (including phenoxy) is 1. The van der Waals surface area contributed by atoms with E-state index in [0.29, 0.717) is 6.42 Å². The minimum Gasteiger partial charge on any atom is -0.460 e. The van der Waals surface area contributed by atoms with Gasteiger partial charge in [0.15, 0.2) is 0 Å².